The number of likely N-dealkylation sites (tertiary alicyclic amines) is 1. The van der Waals surface area contributed by atoms with E-state index in [-0.39, 0.29) is 11.8 Å². The van der Waals surface area contributed by atoms with E-state index >= 15 is 0 Å². The molecule has 0 aromatic heterocycles. The van der Waals surface area contributed by atoms with Gasteiger partial charge in [-0.05, 0) is 43.4 Å². The molecule has 1 fully saturated rings. The zero-order valence-electron chi connectivity index (χ0n) is 12.5. The number of carboxylic acids is 1. The van der Waals surface area contributed by atoms with Gasteiger partial charge in [0.05, 0.1) is 0 Å². The van der Waals surface area contributed by atoms with E-state index in [1.807, 2.05) is 19.9 Å². The molecule has 1 unspecified atom stereocenters. The molecule has 4 nitrogen and oxygen atoms in total. The predicted octanol–water partition coefficient (Wildman–Crippen LogP) is 3.54. The van der Waals surface area contributed by atoms with E-state index in [2.05, 4.69) is 0 Å². The van der Waals surface area contributed by atoms with Gasteiger partial charge >= 0.3 is 5.97 Å². The van der Waals surface area contributed by atoms with Gasteiger partial charge in [0.15, 0.2) is 0 Å². The van der Waals surface area contributed by atoms with Crippen LogP contribution < -0.4 is 0 Å². The second-order valence-corrected chi connectivity index (χ2v) is 6.44. The minimum atomic E-state index is -1.12. The third-order valence-corrected chi connectivity index (χ3v) is 4.54. The SMILES string of the molecule is CC(C)c1ccc(C(=O)N2CCCC2(C)C(=O)O)cc1Cl. The fourth-order valence-electron chi connectivity index (χ4n) is 2.80. The molecule has 0 saturated carbocycles. The van der Waals surface area contributed by atoms with Crippen molar-refractivity contribution in [3.8, 4) is 0 Å². The van der Waals surface area contributed by atoms with Crippen LogP contribution in [0.1, 0.15) is 55.5 Å². The number of benzene rings is 1. The van der Waals surface area contributed by atoms with Gasteiger partial charge in [-0.3, -0.25) is 4.79 Å². The number of carbonyl (C=O) groups is 2. The number of rotatable bonds is 3. The Balaban J connectivity index is 2.32. The minimum absolute atomic E-state index is 0.269. The zero-order valence-corrected chi connectivity index (χ0v) is 13.3. The molecule has 1 aromatic carbocycles. The van der Waals surface area contributed by atoms with E-state index in [9.17, 15) is 14.7 Å². The van der Waals surface area contributed by atoms with Crippen molar-refractivity contribution in [2.45, 2.75) is 45.1 Å². The van der Waals surface area contributed by atoms with Crippen LogP contribution in [0, 0.1) is 0 Å². The van der Waals surface area contributed by atoms with Crippen molar-refractivity contribution in [1.82, 2.24) is 4.90 Å². The topological polar surface area (TPSA) is 57.6 Å². The fraction of sp³-hybridized carbons (Fsp3) is 0.500. The first kappa shape index (κ1) is 15.8. The monoisotopic (exact) mass is 309 g/mol. The summed E-state index contributed by atoms with van der Waals surface area (Å²) in [5.41, 5.74) is 0.301. The van der Waals surface area contributed by atoms with Crippen molar-refractivity contribution in [3.05, 3.63) is 34.3 Å². The lowest BCUT2D eigenvalue weighted by atomic mass is 9.97. The molecule has 1 atom stereocenters. The Hall–Kier alpha value is -1.55. The fourth-order valence-corrected chi connectivity index (χ4v) is 3.19. The van der Waals surface area contributed by atoms with Crippen LogP contribution in [0.15, 0.2) is 18.2 Å². The number of carbonyl (C=O) groups excluding carboxylic acids is 1. The Bertz CT molecular complexity index is 585. The molecule has 0 bridgehead atoms. The maximum Gasteiger partial charge on any atom is 0.329 e. The summed E-state index contributed by atoms with van der Waals surface area (Å²) in [5, 5.41) is 9.94. The Morgan fingerprint density at radius 3 is 2.57 bits per heavy atom. The van der Waals surface area contributed by atoms with Gasteiger partial charge in [-0.15, -0.1) is 0 Å². The van der Waals surface area contributed by atoms with Gasteiger partial charge < -0.3 is 10.0 Å². The summed E-state index contributed by atoms with van der Waals surface area (Å²) in [4.78, 5) is 25.5. The van der Waals surface area contributed by atoms with Gasteiger partial charge in [0.2, 0.25) is 0 Å². The van der Waals surface area contributed by atoms with Gasteiger partial charge in [-0.2, -0.15) is 0 Å². The quantitative estimate of drug-likeness (QED) is 0.929. The van der Waals surface area contributed by atoms with E-state index < -0.39 is 11.5 Å². The van der Waals surface area contributed by atoms with Crippen LogP contribution in [0.25, 0.3) is 0 Å². The standard InChI is InChI=1S/C16H20ClNO3/c1-10(2)12-6-5-11(9-13(12)17)14(19)18-8-4-7-16(18,3)15(20)21/h5-6,9-10H,4,7-8H2,1-3H3,(H,20,21). The number of carboxylic acid groups (broad SMARTS) is 1. The lowest BCUT2D eigenvalue weighted by Gasteiger charge is -2.31. The third kappa shape index (κ3) is 2.77. The maximum atomic E-state index is 12.6. The Morgan fingerprint density at radius 1 is 1.38 bits per heavy atom. The van der Waals surface area contributed by atoms with Gasteiger partial charge in [0.25, 0.3) is 5.91 Å². The summed E-state index contributed by atoms with van der Waals surface area (Å²) in [5.74, 6) is -0.953. The Kier molecular flexibility index (Phi) is 4.28. The number of nitrogens with zero attached hydrogens (tertiary/aromatic N) is 1. The van der Waals surface area contributed by atoms with Crippen molar-refractivity contribution in [2.75, 3.05) is 6.54 Å². The maximum absolute atomic E-state index is 12.6. The number of aliphatic carboxylic acids is 1. The molecule has 1 aliphatic rings. The van der Waals surface area contributed by atoms with Crippen molar-refractivity contribution in [1.29, 1.82) is 0 Å². The molecule has 1 aromatic rings. The summed E-state index contributed by atoms with van der Waals surface area (Å²) < 4.78 is 0. The number of halogens is 1. The molecule has 1 heterocycles. The molecule has 5 heteroatoms. The van der Waals surface area contributed by atoms with Crippen LogP contribution in [0.5, 0.6) is 0 Å². The second-order valence-electron chi connectivity index (χ2n) is 6.03. The number of hydrogen-bond donors (Lipinski definition) is 1. The van der Waals surface area contributed by atoms with Crippen molar-refractivity contribution in [3.63, 3.8) is 0 Å². The molecule has 1 saturated heterocycles. The minimum Gasteiger partial charge on any atom is -0.480 e. The molecule has 1 aliphatic heterocycles. The lowest BCUT2D eigenvalue weighted by Crippen LogP contribution is -2.50. The molecular formula is C16H20ClNO3. The van der Waals surface area contributed by atoms with Crippen LogP contribution in [0.2, 0.25) is 5.02 Å². The van der Waals surface area contributed by atoms with E-state index in [1.165, 1.54) is 4.90 Å². The molecule has 0 radical (unpaired) electrons. The average Bonchev–Trinajstić information content (AvgIpc) is 2.80. The molecule has 0 aliphatic carbocycles. The van der Waals surface area contributed by atoms with E-state index in [0.717, 1.165) is 5.56 Å². The largest absolute Gasteiger partial charge is 0.480 e. The highest BCUT2D eigenvalue weighted by molar-refractivity contribution is 6.31. The lowest BCUT2D eigenvalue weighted by molar-refractivity contribution is -0.147. The molecule has 2 rings (SSSR count). The van der Waals surface area contributed by atoms with Gasteiger partial charge in [-0.1, -0.05) is 31.5 Å². The highest BCUT2D eigenvalue weighted by Crippen LogP contribution is 2.32. The summed E-state index contributed by atoms with van der Waals surface area (Å²) in [6.45, 7) is 6.13. The molecule has 21 heavy (non-hydrogen) atoms. The first-order valence-electron chi connectivity index (χ1n) is 7.12. The number of amides is 1. The van der Waals surface area contributed by atoms with Crippen LogP contribution in [0.3, 0.4) is 0 Å². The highest BCUT2D eigenvalue weighted by Gasteiger charge is 2.46. The van der Waals surface area contributed by atoms with Crippen LogP contribution in [-0.4, -0.2) is 34.0 Å². The predicted molar refractivity (Wildman–Crippen MR) is 81.9 cm³/mol. The molecule has 1 amide bonds. The van der Waals surface area contributed by atoms with Gasteiger partial charge in [0, 0.05) is 17.1 Å². The highest BCUT2D eigenvalue weighted by atomic mass is 35.5. The first-order valence-corrected chi connectivity index (χ1v) is 7.50. The smallest absolute Gasteiger partial charge is 0.329 e. The van der Waals surface area contributed by atoms with Crippen molar-refractivity contribution in [2.24, 2.45) is 0 Å². The van der Waals surface area contributed by atoms with Crippen molar-refractivity contribution >= 4 is 23.5 Å². The second kappa shape index (κ2) is 5.68. The van der Waals surface area contributed by atoms with E-state index in [1.54, 1.807) is 19.1 Å². The van der Waals surface area contributed by atoms with Gasteiger partial charge in [-0.25, -0.2) is 4.79 Å². The summed E-state index contributed by atoms with van der Waals surface area (Å²) >= 11 is 6.22. The molecule has 0 spiro atoms. The van der Waals surface area contributed by atoms with Gasteiger partial charge in [0.1, 0.15) is 5.54 Å². The van der Waals surface area contributed by atoms with Crippen LogP contribution in [-0.2, 0) is 4.79 Å². The molecular weight excluding hydrogens is 290 g/mol. The summed E-state index contributed by atoms with van der Waals surface area (Å²) in [6, 6.07) is 5.21. The normalized spacial score (nSPS) is 21.9. The third-order valence-electron chi connectivity index (χ3n) is 4.22. The summed E-state index contributed by atoms with van der Waals surface area (Å²) in [6.07, 6.45) is 1.18. The van der Waals surface area contributed by atoms with Crippen LogP contribution >= 0.6 is 11.6 Å². The Morgan fingerprint density at radius 2 is 2.05 bits per heavy atom. The Labute approximate surface area is 129 Å². The van der Waals surface area contributed by atoms with E-state index in [4.69, 9.17) is 11.6 Å². The molecule has 114 valence electrons. The number of hydrogen-bond acceptors (Lipinski definition) is 2. The average molecular weight is 310 g/mol. The summed E-state index contributed by atoms with van der Waals surface area (Å²) in [7, 11) is 0. The van der Waals surface area contributed by atoms with Crippen LogP contribution in [0.4, 0.5) is 0 Å². The first-order chi connectivity index (χ1) is 9.77. The molecule has 1 N–H and O–H groups in total. The van der Waals surface area contributed by atoms with E-state index in [0.29, 0.717) is 30.0 Å². The van der Waals surface area contributed by atoms with Crippen molar-refractivity contribution < 1.29 is 14.7 Å². The zero-order chi connectivity index (χ0) is 15.8.